The minimum atomic E-state index is -0.215. The van der Waals surface area contributed by atoms with E-state index in [1.165, 1.54) is 0 Å². The van der Waals surface area contributed by atoms with Gasteiger partial charge in [0.05, 0.1) is 21.8 Å². The van der Waals surface area contributed by atoms with Crippen molar-refractivity contribution in [2.45, 2.75) is 13.0 Å². The lowest BCUT2D eigenvalue weighted by Crippen LogP contribution is -2.51. The van der Waals surface area contributed by atoms with Crippen molar-refractivity contribution in [2.24, 2.45) is 0 Å². The van der Waals surface area contributed by atoms with Gasteiger partial charge in [-0.2, -0.15) is 0 Å². The number of amides is 1. The highest BCUT2D eigenvalue weighted by atomic mass is 79.9. The van der Waals surface area contributed by atoms with E-state index < -0.39 is 0 Å². The molecule has 0 saturated carbocycles. The van der Waals surface area contributed by atoms with E-state index in [0.29, 0.717) is 15.7 Å². The molecule has 7 heteroatoms. The maximum Gasteiger partial charge on any atom is 0.241 e. The van der Waals surface area contributed by atoms with Crippen molar-refractivity contribution in [3.63, 3.8) is 0 Å². The van der Waals surface area contributed by atoms with Gasteiger partial charge in [0.1, 0.15) is 0 Å². The van der Waals surface area contributed by atoms with Gasteiger partial charge in [-0.15, -0.1) is 0 Å². The second-order valence-electron chi connectivity index (χ2n) is 4.70. The summed E-state index contributed by atoms with van der Waals surface area (Å²) in [5, 5.41) is 6.92. The highest BCUT2D eigenvalue weighted by Gasteiger charge is 2.23. The third kappa shape index (κ3) is 3.86. The van der Waals surface area contributed by atoms with E-state index in [2.05, 4.69) is 31.5 Å². The first-order valence-corrected chi connectivity index (χ1v) is 7.94. The smallest absolute Gasteiger partial charge is 0.241 e. The zero-order valence-corrected chi connectivity index (χ0v) is 14.1. The topological polar surface area (TPSA) is 44.4 Å². The van der Waals surface area contributed by atoms with E-state index >= 15 is 0 Å². The lowest BCUT2D eigenvalue weighted by atomic mass is 10.2. The Morgan fingerprint density at radius 3 is 2.45 bits per heavy atom. The molecule has 1 aromatic rings. The molecule has 0 bridgehead atoms. The summed E-state index contributed by atoms with van der Waals surface area (Å²) in [7, 11) is 0. The number of nitrogens with zero attached hydrogens (tertiary/aromatic N) is 1. The van der Waals surface area contributed by atoms with Gasteiger partial charge in [0, 0.05) is 30.7 Å². The Morgan fingerprint density at radius 1 is 1.35 bits per heavy atom. The first-order chi connectivity index (χ1) is 9.49. The van der Waals surface area contributed by atoms with Crippen LogP contribution in [0.3, 0.4) is 0 Å². The summed E-state index contributed by atoms with van der Waals surface area (Å²) in [5.74, 6) is -0.0991. The summed E-state index contributed by atoms with van der Waals surface area (Å²) >= 11 is 15.5. The van der Waals surface area contributed by atoms with E-state index in [0.717, 1.165) is 30.7 Å². The molecule has 1 heterocycles. The molecule has 0 aliphatic carbocycles. The van der Waals surface area contributed by atoms with Crippen molar-refractivity contribution in [3.05, 3.63) is 26.7 Å². The molecule has 1 aliphatic heterocycles. The van der Waals surface area contributed by atoms with Crippen molar-refractivity contribution in [3.8, 4) is 0 Å². The first kappa shape index (κ1) is 16.0. The number of hydrogen-bond donors (Lipinski definition) is 2. The van der Waals surface area contributed by atoms with Crippen molar-refractivity contribution in [1.82, 2.24) is 10.2 Å². The molecule has 1 aromatic carbocycles. The van der Waals surface area contributed by atoms with Gasteiger partial charge in [-0.05, 0) is 19.1 Å². The molecule has 1 aliphatic rings. The predicted molar refractivity (Wildman–Crippen MR) is 86.7 cm³/mol. The molecule has 1 fully saturated rings. The SMILES string of the molecule is CC(C(=O)Nc1c(Cl)cc(Br)cc1Cl)N1CCNCC1. The number of rotatable bonds is 3. The average molecular weight is 381 g/mol. The molecule has 1 atom stereocenters. The van der Waals surface area contributed by atoms with Crippen molar-refractivity contribution >= 4 is 50.7 Å². The highest BCUT2D eigenvalue weighted by molar-refractivity contribution is 9.10. The van der Waals surface area contributed by atoms with Gasteiger partial charge in [0.2, 0.25) is 5.91 Å². The lowest BCUT2D eigenvalue weighted by Gasteiger charge is -2.32. The zero-order valence-electron chi connectivity index (χ0n) is 11.0. The maximum atomic E-state index is 12.3. The zero-order chi connectivity index (χ0) is 14.7. The molecule has 1 amide bonds. The Hall–Kier alpha value is -0.330. The van der Waals surface area contributed by atoms with E-state index in [1.807, 2.05) is 6.92 Å². The number of benzene rings is 1. The number of piperazine rings is 1. The number of carbonyl (C=O) groups is 1. The van der Waals surface area contributed by atoms with Crippen molar-refractivity contribution in [2.75, 3.05) is 31.5 Å². The molecule has 4 nitrogen and oxygen atoms in total. The third-order valence-electron chi connectivity index (χ3n) is 3.33. The Balaban J connectivity index is 2.07. The van der Waals surface area contributed by atoms with E-state index in [9.17, 15) is 4.79 Å². The minimum Gasteiger partial charge on any atom is -0.322 e. The Labute approximate surface area is 136 Å². The number of hydrogen-bond acceptors (Lipinski definition) is 3. The van der Waals surface area contributed by atoms with Gasteiger partial charge in [0.25, 0.3) is 0 Å². The molecule has 0 aromatic heterocycles. The summed E-state index contributed by atoms with van der Waals surface area (Å²) in [6, 6.07) is 3.20. The molecule has 1 unspecified atom stereocenters. The van der Waals surface area contributed by atoms with Crippen LogP contribution in [0.2, 0.25) is 10.0 Å². The molecule has 1 saturated heterocycles. The maximum absolute atomic E-state index is 12.3. The summed E-state index contributed by atoms with van der Waals surface area (Å²) in [4.78, 5) is 14.4. The number of halogens is 3. The molecule has 2 rings (SSSR count). The van der Waals surface area contributed by atoms with Crippen LogP contribution in [0.25, 0.3) is 0 Å². The fourth-order valence-electron chi connectivity index (χ4n) is 2.12. The van der Waals surface area contributed by atoms with Crippen LogP contribution in [0.15, 0.2) is 16.6 Å². The Bertz CT molecular complexity index is 483. The van der Waals surface area contributed by atoms with Crippen LogP contribution in [0, 0.1) is 0 Å². The van der Waals surface area contributed by atoms with Gasteiger partial charge in [0.15, 0.2) is 0 Å². The largest absolute Gasteiger partial charge is 0.322 e. The standard InChI is InChI=1S/C13H16BrCl2N3O/c1-8(19-4-2-17-3-5-19)13(20)18-12-10(15)6-9(14)7-11(12)16/h6-8,17H,2-5H2,1H3,(H,18,20). The average Bonchev–Trinajstić information content (AvgIpc) is 2.42. The summed E-state index contributed by atoms with van der Waals surface area (Å²) < 4.78 is 0.778. The van der Waals surface area contributed by atoms with Crippen LogP contribution in [0.5, 0.6) is 0 Å². The van der Waals surface area contributed by atoms with Gasteiger partial charge in [-0.25, -0.2) is 0 Å². The molecule has 20 heavy (non-hydrogen) atoms. The van der Waals surface area contributed by atoms with Crippen LogP contribution >= 0.6 is 39.1 Å². The van der Waals surface area contributed by atoms with E-state index in [4.69, 9.17) is 23.2 Å². The normalized spacial score (nSPS) is 17.8. The van der Waals surface area contributed by atoms with Crippen LogP contribution in [0.4, 0.5) is 5.69 Å². The molecule has 0 radical (unpaired) electrons. The van der Waals surface area contributed by atoms with Crippen LogP contribution < -0.4 is 10.6 Å². The summed E-state index contributed by atoms with van der Waals surface area (Å²) in [6.45, 7) is 5.41. The minimum absolute atomic E-state index is 0.0991. The molecular formula is C13H16BrCl2N3O. The fraction of sp³-hybridized carbons (Fsp3) is 0.462. The van der Waals surface area contributed by atoms with Gasteiger partial charge in [-0.3, -0.25) is 9.69 Å². The van der Waals surface area contributed by atoms with Crippen molar-refractivity contribution < 1.29 is 4.79 Å². The van der Waals surface area contributed by atoms with Crippen molar-refractivity contribution in [1.29, 1.82) is 0 Å². The number of nitrogens with one attached hydrogen (secondary N) is 2. The lowest BCUT2D eigenvalue weighted by molar-refractivity contribution is -0.120. The molecular weight excluding hydrogens is 365 g/mol. The monoisotopic (exact) mass is 379 g/mol. The van der Waals surface area contributed by atoms with Crippen LogP contribution in [-0.4, -0.2) is 43.0 Å². The van der Waals surface area contributed by atoms with Gasteiger partial charge in [-0.1, -0.05) is 39.1 Å². The Morgan fingerprint density at radius 2 is 1.90 bits per heavy atom. The molecule has 0 spiro atoms. The second kappa shape index (κ2) is 7.09. The van der Waals surface area contributed by atoms with Crippen LogP contribution in [0.1, 0.15) is 6.92 Å². The number of carbonyl (C=O) groups excluding carboxylic acids is 1. The molecule has 2 N–H and O–H groups in total. The first-order valence-electron chi connectivity index (χ1n) is 6.39. The highest BCUT2D eigenvalue weighted by Crippen LogP contribution is 2.33. The van der Waals surface area contributed by atoms with Gasteiger partial charge >= 0.3 is 0 Å². The predicted octanol–water partition coefficient (Wildman–Crippen LogP) is 2.99. The summed E-state index contributed by atoms with van der Waals surface area (Å²) in [6.07, 6.45) is 0. The van der Waals surface area contributed by atoms with E-state index in [-0.39, 0.29) is 11.9 Å². The third-order valence-corrected chi connectivity index (χ3v) is 4.39. The number of anilines is 1. The fourth-order valence-corrected chi connectivity index (χ4v) is 3.43. The second-order valence-corrected chi connectivity index (χ2v) is 6.43. The van der Waals surface area contributed by atoms with E-state index in [1.54, 1.807) is 12.1 Å². The van der Waals surface area contributed by atoms with Gasteiger partial charge < -0.3 is 10.6 Å². The molecule has 110 valence electrons. The Kier molecular flexibility index (Phi) is 5.69. The van der Waals surface area contributed by atoms with Crippen LogP contribution in [-0.2, 0) is 4.79 Å². The summed E-state index contributed by atoms with van der Waals surface area (Å²) in [5.41, 5.74) is 0.462. The quantitative estimate of drug-likeness (QED) is 0.847.